The van der Waals surface area contributed by atoms with E-state index in [1.165, 1.54) is 5.57 Å². The highest BCUT2D eigenvalue weighted by Crippen LogP contribution is 1.95. The monoisotopic (exact) mass is 179 g/mol. The number of hydrogen-bond donors (Lipinski definition) is 1. The van der Waals surface area contributed by atoms with Gasteiger partial charge in [0, 0.05) is 18.1 Å². The molecule has 13 heavy (non-hydrogen) atoms. The molecule has 0 spiro atoms. The number of H-pyrrole nitrogens is 1. The molecule has 3 heteroatoms. The van der Waals surface area contributed by atoms with Crippen molar-refractivity contribution in [1.29, 1.82) is 0 Å². The van der Waals surface area contributed by atoms with Gasteiger partial charge in [0.15, 0.2) is 0 Å². The number of allylic oxidation sites excluding steroid dienone is 1. The molecular weight excluding hydrogens is 162 g/mol. The lowest BCUT2D eigenvalue weighted by Gasteiger charge is -1.77. The number of hydrogen-bond acceptors (Lipinski definition) is 2. The van der Waals surface area contributed by atoms with Gasteiger partial charge in [-0.05, 0) is 26.0 Å². The van der Waals surface area contributed by atoms with Gasteiger partial charge in [-0.25, -0.2) is 0 Å². The van der Waals surface area contributed by atoms with E-state index >= 15 is 0 Å². The fraction of sp³-hybridized carbons (Fsp3) is 0.400. The number of rotatable bonds is 0. The second-order valence-electron chi connectivity index (χ2n) is 2.74. The zero-order valence-electron chi connectivity index (χ0n) is 7.41. The average molecular weight is 179 g/mol. The van der Waals surface area contributed by atoms with Crippen molar-refractivity contribution in [3.8, 4) is 0 Å². The molecule has 1 aliphatic heterocycles. The summed E-state index contributed by atoms with van der Waals surface area (Å²) in [5, 5.41) is 6.45. The van der Waals surface area contributed by atoms with Gasteiger partial charge in [0.25, 0.3) is 0 Å². The number of nitrogens with zero attached hydrogens (tertiary/aromatic N) is 2. The van der Waals surface area contributed by atoms with Crippen LogP contribution in [0.3, 0.4) is 0 Å². The molecule has 0 saturated carbocycles. The van der Waals surface area contributed by atoms with Crippen molar-refractivity contribution in [1.82, 2.24) is 10.2 Å². The van der Waals surface area contributed by atoms with Crippen molar-refractivity contribution in [3.05, 3.63) is 29.6 Å². The Labute approximate surface area is 79.6 Å². The second-order valence-corrected chi connectivity index (χ2v) is 2.74. The van der Waals surface area contributed by atoms with Crippen LogP contribution < -0.4 is 0 Å². The highest BCUT2D eigenvalue weighted by Gasteiger charge is 1.87. The van der Waals surface area contributed by atoms with E-state index in [1.807, 2.05) is 25.3 Å². The molecule has 0 radical (unpaired) electrons. The fourth-order valence-corrected chi connectivity index (χ4v) is 0.755. The minimum atomic E-state index is 0. The molecule has 1 aromatic heterocycles. The van der Waals surface area contributed by atoms with Crippen LogP contribution in [0.1, 0.15) is 20.0 Å². The maximum absolute atomic E-state index is 3.95. The van der Waals surface area contributed by atoms with E-state index in [0.29, 0.717) is 0 Å². The molecule has 3 nitrogen and oxygen atoms in total. The standard InChI is InChI=1S/C5H7N.C4H6N2.CH4/c1-5-2-3-6-4-5;1-4-2-3-5-6-4;/h2-3H,4H2,1H3;2-3H,1H3,(H,5,6);1H4. The lowest BCUT2D eigenvalue weighted by molar-refractivity contribution is 1.05. The first-order chi connectivity index (χ1) is 5.79. The van der Waals surface area contributed by atoms with Crippen molar-refractivity contribution >= 4 is 6.21 Å². The summed E-state index contributed by atoms with van der Waals surface area (Å²) in [6, 6.07) is 1.92. The molecule has 0 fully saturated rings. The molecule has 0 bridgehead atoms. The van der Waals surface area contributed by atoms with Gasteiger partial charge < -0.3 is 0 Å². The first-order valence-electron chi connectivity index (χ1n) is 3.90. The smallest absolute Gasteiger partial charge is 0.0600 e. The Kier molecular flexibility index (Phi) is 5.52. The number of aryl methyl sites for hydroxylation is 1. The first kappa shape index (κ1) is 11.6. The summed E-state index contributed by atoms with van der Waals surface area (Å²) in [7, 11) is 0. The topological polar surface area (TPSA) is 41.0 Å². The van der Waals surface area contributed by atoms with E-state index in [4.69, 9.17) is 0 Å². The molecule has 1 aromatic rings. The number of aromatic amines is 1. The number of aromatic nitrogens is 2. The Morgan fingerprint density at radius 1 is 1.38 bits per heavy atom. The molecule has 2 heterocycles. The third-order valence-electron chi connectivity index (χ3n) is 1.45. The van der Waals surface area contributed by atoms with Gasteiger partial charge in [0.1, 0.15) is 0 Å². The third-order valence-corrected chi connectivity index (χ3v) is 1.45. The Morgan fingerprint density at radius 3 is 2.31 bits per heavy atom. The Bertz CT molecular complexity index is 270. The van der Waals surface area contributed by atoms with E-state index < -0.39 is 0 Å². The maximum Gasteiger partial charge on any atom is 0.0600 e. The van der Waals surface area contributed by atoms with E-state index in [1.54, 1.807) is 6.20 Å². The quantitative estimate of drug-likeness (QED) is 0.652. The SMILES string of the molecule is C.CC1=CC=NC1.Cc1ccn[nH]1. The van der Waals surface area contributed by atoms with Gasteiger partial charge in [-0.3, -0.25) is 10.1 Å². The molecule has 1 aliphatic rings. The van der Waals surface area contributed by atoms with E-state index in [-0.39, 0.29) is 7.43 Å². The summed E-state index contributed by atoms with van der Waals surface area (Å²) in [5.74, 6) is 0. The molecule has 0 unspecified atom stereocenters. The Morgan fingerprint density at radius 2 is 2.15 bits per heavy atom. The Balaban J connectivity index is 0.000000206. The summed E-state index contributed by atoms with van der Waals surface area (Å²) in [6.07, 6.45) is 5.60. The first-order valence-corrected chi connectivity index (χ1v) is 3.90. The van der Waals surface area contributed by atoms with Crippen LogP contribution in [0.5, 0.6) is 0 Å². The lowest BCUT2D eigenvalue weighted by Crippen LogP contribution is -1.70. The third kappa shape index (κ3) is 4.95. The molecule has 72 valence electrons. The maximum atomic E-state index is 3.95. The van der Waals surface area contributed by atoms with Crippen molar-refractivity contribution in [2.24, 2.45) is 4.99 Å². The normalized spacial score (nSPS) is 12.6. The van der Waals surface area contributed by atoms with Gasteiger partial charge in [0.2, 0.25) is 0 Å². The minimum Gasteiger partial charge on any atom is -0.289 e. The highest BCUT2D eigenvalue weighted by molar-refractivity contribution is 5.74. The van der Waals surface area contributed by atoms with Crippen LogP contribution in [0.15, 0.2) is 28.9 Å². The van der Waals surface area contributed by atoms with Crippen LogP contribution in [0.4, 0.5) is 0 Å². The fourth-order valence-electron chi connectivity index (χ4n) is 0.755. The van der Waals surface area contributed by atoms with Gasteiger partial charge in [-0.15, -0.1) is 0 Å². The van der Waals surface area contributed by atoms with Gasteiger partial charge in [-0.1, -0.05) is 13.0 Å². The lowest BCUT2D eigenvalue weighted by atomic mass is 10.3. The zero-order valence-corrected chi connectivity index (χ0v) is 7.41. The predicted octanol–water partition coefficient (Wildman–Crippen LogP) is 2.37. The van der Waals surface area contributed by atoms with Crippen LogP contribution in [0, 0.1) is 6.92 Å². The summed E-state index contributed by atoms with van der Waals surface area (Å²) < 4.78 is 0. The van der Waals surface area contributed by atoms with Crippen LogP contribution in [-0.2, 0) is 0 Å². The summed E-state index contributed by atoms with van der Waals surface area (Å²) in [4.78, 5) is 3.95. The molecule has 0 aromatic carbocycles. The van der Waals surface area contributed by atoms with Crippen LogP contribution >= 0.6 is 0 Å². The van der Waals surface area contributed by atoms with Crippen molar-refractivity contribution < 1.29 is 0 Å². The molecule has 2 rings (SSSR count). The van der Waals surface area contributed by atoms with Gasteiger partial charge in [-0.2, -0.15) is 5.10 Å². The zero-order chi connectivity index (χ0) is 8.81. The second kappa shape index (κ2) is 6.17. The van der Waals surface area contributed by atoms with Crippen LogP contribution in [-0.4, -0.2) is 23.0 Å². The molecule has 0 saturated heterocycles. The van der Waals surface area contributed by atoms with E-state index in [0.717, 1.165) is 12.2 Å². The van der Waals surface area contributed by atoms with Crippen molar-refractivity contribution in [2.75, 3.05) is 6.54 Å². The van der Waals surface area contributed by atoms with E-state index in [2.05, 4.69) is 22.1 Å². The molecule has 0 amide bonds. The summed E-state index contributed by atoms with van der Waals surface area (Å²) >= 11 is 0. The number of nitrogens with one attached hydrogen (secondary N) is 1. The van der Waals surface area contributed by atoms with Gasteiger partial charge >= 0.3 is 0 Å². The molecule has 1 N–H and O–H groups in total. The van der Waals surface area contributed by atoms with Crippen LogP contribution in [0.2, 0.25) is 0 Å². The van der Waals surface area contributed by atoms with Crippen LogP contribution in [0.25, 0.3) is 0 Å². The van der Waals surface area contributed by atoms with Crippen molar-refractivity contribution in [3.63, 3.8) is 0 Å². The molecule has 0 atom stereocenters. The number of aliphatic imine (C=N–C) groups is 1. The average Bonchev–Trinajstić information content (AvgIpc) is 2.63. The van der Waals surface area contributed by atoms with E-state index in [9.17, 15) is 0 Å². The van der Waals surface area contributed by atoms with Crippen molar-refractivity contribution in [2.45, 2.75) is 21.3 Å². The molecule has 0 aliphatic carbocycles. The summed E-state index contributed by atoms with van der Waals surface area (Å²) in [6.45, 7) is 4.96. The predicted molar refractivity (Wildman–Crippen MR) is 57.2 cm³/mol. The summed E-state index contributed by atoms with van der Waals surface area (Å²) in [5.41, 5.74) is 2.46. The Hall–Kier alpha value is -1.38. The molecular formula is C10H17N3. The highest BCUT2D eigenvalue weighted by atomic mass is 15.1. The largest absolute Gasteiger partial charge is 0.289 e. The minimum absolute atomic E-state index is 0. The van der Waals surface area contributed by atoms with Gasteiger partial charge in [0.05, 0.1) is 6.54 Å².